The highest BCUT2D eigenvalue weighted by atomic mass is 16.5. The number of hydrogen-bond acceptors (Lipinski definition) is 7. The van der Waals surface area contributed by atoms with E-state index >= 15 is 0 Å². The molecule has 0 aliphatic carbocycles. The summed E-state index contributed by atoms with van der Waals surface area (Å²) in [6.45, 7) is 5.33. The highest BCUT2D eigenvalue weighted by molar-refractivity contribution is 5.91. The van der Waals surface area contributed by atoms with Crippen LogP contribution in [0.2, 0.25) is 0 Å². The van der Waals surface area contributed by atoms with E-state index in [1.165, 1.54) is 0 Å². The smallest absolute Gasteiger partial charge is 0.355 e. The lowest BCUT2D eigenvalue weighted by atomic mass is 10.0. The lowest BCUT2D eigenvalue weighted by Crippen LogP contribution is -2.13. The van der Waals surface area contributed by atoms with Crippen molar-refractivity contribution in [1.29, 1.82) is 0 Å². The zero-order chi connectivity index (χ0) is 18.8. The molecule has 0 unspecified atom stereocenters. The van der Waals surface area contributed by atoms with Gasteiger partial charge in [0.05, 0.1) is 32.8 Å². The van der Waals surface area contributed by atoms with Gasteiger partial charge in [0.15, 0.2) is 0 Å². The van der Waals surface area contributed by atoms with E-state index in [1.807, 2.05) is 0 Å². The molecule has 0 amide bonds. The fourth-order valence-corrected chi connectivity index (χ4v) is 2.45. The van der Waals surface area contributed by atoms with Crippen LogP contribution in [-0.2, 0) is 43.2 Å². The molecule has 0 fully saturated rings. The summed E-state index contributed by atoms with van der Waals surface area (Å²) in [5.74, 6) is -1.50. The number of ether oxygens (including phenoxy) is 3. The first-order valence-electron chi connectivity index (χ1n) is 8.30. The fourth-order valence-electron chi connectivity index (χ4n) is 2.45. The van der Waals surface area contributed by atoms with E-state index in [-0.39, 0.29) is 51.4 Å². The number of aromatic amines is 1. The molecule has 0 saturated carbocycles. The number of aliphatic hydroxyl groups excluding tert-OH is 1. The Morgan fingerprint density at radius 3 is 2.08 bits per heavy atom. The van der Waals surface area contributed by atoms with Gasteiger partial charge in [-0.2, -0.15) is 0 Å². The lowest BCUT2D eigenvalue weighted by Gasteiger charge is -2.08. The van der Waals surface area contributed by atoms with Crippen molar-refractivity contribution in [2.45, 2.75) is 46.6 Å². The molecule has 0 atom stereocenters. The summed E-state index contributed by atoms with van der Waals surface area (Å²) in [4.78, 5) is 38.5. The van der Waals surface area contributed by atoms with Crippen LogP contribution in [0.15, 0.2) is 0 Å². The second-order valence-corrected chi connectivity index (χ2v) is 5.10. The molecule has 1 aromatic heterocycles. The molecule has 0 aliphatic rings. The molecule has 0 saturated heterocycles. The van der Waals surface area contributed by atoms with Gasteiger partial charge in [0.25, 0.3) is 0 Å². The van der Waals surface area contributed by atoms with Crippen molar-refractivity contribution in [2.24, 2.45) is 0 Å². The van der Waals surface area contributed by atoms with Crippen molar-refractivity contribution >= 4 is 17.9 Å². The van der Waals surface area contributed by atoms with Crippen LogP contribution in [0.25, 0.3) is 0 Å². The van der Waals surface area contributed by atoms with Gasteiger partial charge in [0.1, 0.15) is 5.69 Å². The second-order valence-electron chi connectivity index (χ2n) is 5.10. The monoisotopic (exact) mass is 355 g/mol. The minimum Gasteiger partial charge on any atom is -0.466 e. The quantitative estimate of drug-likeness (QED) is 0.480. The molecular formula is C17H25NO7. The summed E-state index contributed by atoms with van der Waals surface area (Å²) in [5.41, 5.74) is 1.38. The fraction of sp³-hybridized carbons (Fsp3) is 0.588. The largest absolute Gasteiger partial charge is 0.466 e. The molecule has 1 aromatic rings. The molecule has 0 radical (unpaired) electrons. The Hall–Kier alpha value is -2.35. The molecule has 140 valence electrons. The van der Waals surface area contributed by atoms with Gasteiger partial charge in [-0.15, -0.1) is 0 Å². The van der Waals surface area contributed by atoms with E-state index in [0.717, 1.165) is 0 Å². The summed E-state index contributed by atoms with van der Waals surface area (Å²) in [7, 11) is 0. The van der Waals surface area contributed by atoms with Crippen LogP contribution in [0.4, 0.5) is 0 Å². The van der Waals surface area contributed by atoms with Gasteiger partial charge in [0, 0.05) is 12.1 Å². The van der Waals surface area contributed by atoms with E-state index in [1.54, 1.807) is 20.8 Å². The minimum absolute atomic E-state index is 0.0405. The Morgan fingerprint density at radius 1 is 0.920 bits per heavy atom. The van der Waals surface area contributed by atoms with Crippen LogP contribution < -0.4 is 0 Å². The Morgan fingerprint density at radius 2 is 1.52 bits per heavy atom. The molecule has 25 heavy (non-hydrogen) atoms. The second kappa shape index (κ2) is 10.5. The van der Waals surface area contributed by atoms with Gasteiger partial charge in [-0.05, 0) is 38.3 Å². The van der Waals surface area contributed by atoms with Crippen molar-refractivity contribution in [3.05, 3.63) is 22.5 Å². The third-order valence-corrected chi connectivity index (χ3v) is 3.45. The SMILES string of the molecule is CCOC(=O)CCc1c(C(=O)OCC)[nH]c(CO)c1CC(=O)OCC. The van der Waals surface area contributed by atoms with Crippen molar-refractivity contribution in [3.63, 3.8) is 0 Å². The molecule has 2 N–H and O–H groups in total. The molecular weight excluding hydrogens is 330 g/mol. The van der Waals surface area contributed by atoms with E-state index in [9.17, 15) is 19.5 Å². The Balaban J connectivity index is 3.18. The van der Waals surface area contributed by atoms with Crippen molar-refractivity contribution in [1.82, 2.24) is 4.98 Å². The zero-order valence-corrected chi connectivity index (χ0v) is 14.8. The summed E-state index contributed by atoms with van der Waals surface area (Å²) < 4.78 is 14.8. The maximum Gasteiger partial charge on any atom is 0.355 e. The molecule has 8 heteroatoms. The number of aromatic nitrogens is 1. The summed E-state index contributed by atoms with van der Waals surface area (Å²) in [6, 6.07) is 0. The first-order chi connectivity index (χ1) is 12.0. The molecule has 0 bridgehead atoms. The summed E-state index contributed by atoms with van der Waals surface area (Å²) in [6.07, 6.45) is 0.106. The van der Waals surface area contributed by atoms with Gasteiger partial charge in [0.2, 0.25) is 0 Å². The molecule has 0 spiro atoms. The van der Waals surface area contributed by atoms with Crippen LogP contribution in [-0.4, -0.2) is 47.8 Å². The molecule has 0 aromatic carbocycles. The van der Waals surface area contributed by atoms with Gasteiger partial charge < -0.3 is 24.3 Å². The average molecular weight is 355 g/mol. The highest BCUT2D eigenvalue weighted by Gasteiger charge is 2.25. The van der Waals surface area contributed by atoms with Gasteiger partial charge in [-0.3, -0.25) is 9.59 Å². The number of esters is 3. The predicted octanol–water partition coefficient (Wildman–Crippen LogP) is 1.28. The Bertz CT molecular complexity index is 606. The minimum atomic E-state index is -0.605. The van der Waals surface area contributed by atoms with E-state index in [0.29, 0.717) is 16.8 Å². The van der Waals surface area contributed by atoms with E-state index in [2.05, 4.69) is 4.98 Å². The van der Waals surface area contributed by atoms with Crippen LogP contribution in [0.1, 0.15) is 54.5 Å². The standard InChI is InChI=1S/C17H25NO7/c1-4-23-14(20)8-7-11-12(9-15(21)24-5-2)13(10-19)18-16(11)17(22)25-6-3/h18-19H,4-10H2,1-3H3. The number of aliphatic hydroxyl groups is 1. The summed E-state index contributed by atoms with van der Waals surface area (Å²) in [5, 5.41) is 9.55. The maximum atomic E-state index is 12.2. The van der Waals surface area contributed by atoms with Crippen molar-refractivity contribution < 1.29 is 33.7 Å². The van der Waals surface area contributed by atoms with Gasteiger partial charge in [-0.25, -0.2) is 4.79 Å². The molecule has 0 aliphatic heterocycles. The first kappa shape index (κ1) is 20.7. The Kier molecular flexibility index (Phi) is 8.69. The number of rotatable bonds is 10. The normalized spacial score (nSPS) is 10.4. The van der Waals surface area contributed by atoms with Crippen molar-refractivity contribution in [3.8, 4) is 0 Å². The van der Waals surface area contributed by atoms with Crippen LogP contribution in [0.5, 0.6) is 0 Å². The zero-order valence-electron chi connectivity index (χ0n) is 14.8. The number of H-pyrrole nitrogens is 1. The third-order valence-electron chi connectivity index (χ3n) is 3.45. The molecule has 1 heterocycles. The lowest BCUT2D eigenvalue weighted by molar-refractivity contribution is -0.143. The van der Waals surface area contributed by atoms with Crippen LogP contribution in [0.3, 0.4) is 0 Å². The Labute approximate surface area is 146 Å². The van der Waals surface area contributed by atoms with Crippen LogP contribution in [0, 0.1) is 0 Å². The van der Waals surface area contributed by atoms with Gasteiger partial charge >= 0.3 is 17.9 Å². The average Bonchev–Trinajstić information content (AvgIpc) is 2.91. The summed E-state index contributed by atoms with van der Waals surface area (Å²) >= 11 is 0. The number of carbonyl (C=O) groups excluding carboxylic acids is 3. The maximum absolute atomic E-state index is 12.2. The van der Waals surface area contributed by atoms with Crippen LogP contribution >= 0.6 is 0 Å². The van der Waals surface area contributed by atoms with E-state index < -0.39 is 17.9 Å². The topological polar surface area (TPSA) is 115 Å². The van der Waals surface area contributed by atoms with Crippen molar-refractivity contribution in [2.75, 3.05) is 19.8 Å². The van der Waals surface area contributed by atoms with Gasteiger partial charge in [-0.1, -0.05) is 0 Å². The molecule has 8 nitrogen and oxygen atoms in total. The molecule has 1 rings (SSSR count). The first-order valence-corrected chi connectivity index (χ1v) is 8.30. The predicted molar refractivity (Wildman–Crippen MR) is 88.0 cm³/mol. The highest BCUT2D eigenvalue weighted by Crippen LogP contribution is 2.23. The number of nitrogens with one attached hydrogen (secondary N) is 1. The number of carbonyl (C=O) groups is 3. The number of hydrogen-bond donors (Lipinski definition) is 2. The third kappa shape index (κ3) is 5.90. The van der Waals surface area contributed by atoms with E-state index in [4.69, 9.17) is 14.2 Å².